The van der Waals surface area contributed by atoms with Crippen LogP contribution in [-0.2, 0) is 20.5 Å². The lowest BCUT2D eigenvalue weighted by atomic mass is 9.84. The number of imide groups is 1. The SMILES string of the molecule is Cc1cccc(C(C)C)c1NC(=O)CN1C(=O)NC(C)(c2ccc(C(C)(C)C)cc2)C1=O. The van der Waals surface area contributed by atoms with Gasteiger partial charge in [0.25, 0.3) is 5.91 Å². The molecule has 0 saturated carbocycles. The molecule has 1 unspecified atom stereocenters. The highest BCUT2D eigenvalue weighted by atomic mass is 16.2. The van der Waals surface area contributed by atoms with Gasteiger partial charge in [-0.1, -0.05) is 77.1 Å². The first-order valence-corrected chi connectivity index (χ1v) is 11.0. The Kier molecular flexibility index (Phi) is 6.18. The monoisotopic (exact) mass is 435 g/mol. The van der Waals surface area contributed by atoms with Crippen molar-refractivity contribution in [2.45, 2.75) is 65.3 Å². The van der Waals surface area contributed by atoms with Gasteiger partial charge >= 0.3 is 6.03 Å². The summed E-state index contributed by atoms with van der Waals surface area (Å²) in [6.07, 6.45) is 0. The summed E-state index contributed by atoms with van der Waals surface area (Å²) >= 11 is 0. The lowest BCUT2D eigenvalue weighted by molar-refractivity contribution is -0.133. The van der Waals surface area contributed by atoms with Gasteiger partial charge < -0.3 is 10.6 Å². The van der Waals surface area contributed by atoms with Crippen LogP contribution in [0.25, 0.3) is 0 Å². The summed E-state index contributed by atoms with van der Waals surface area (Å²) in [4.78, 5) is 39.6. The van der Waals surface area contributed by atoms with E-state index in [4.69, 9.17) is 0 Å². The van der Waals surface area contributed by atoms with Crippen LogP contribution in [-0.4, -0.2) is 29.3 Å². The molecule has 2 N–H and O–H groups in total. The van der Waals surface area contributed by atoms with E-state index in [0.29, 0.717) is 5.56 Å². The molecule has 0 aromatic heterocycles. The Balaban J connectivity index is 1.79. The van der Waals surface area contributed by atoms with E-state index in [2.05, 4.69) is 45.3 Å². The average molecular weight is 436 g/mol. The van der Waals surface area contributed by atoms with Gasteiger partial charge in [-0.15, -0.1) is 0 Å². The van der Waals surface area contributed by atoms with E-state index in [1.165, 1.54) is 0 Å². The summed E-state index contributed by atoms with van der Waals surface area (Å²) in [5.74, 6) is -0.617. The lowest BCUT2D eigenvalue weighted by Crippen LogP contribution is -2.42. The number of rotatable bonds is 5. The Hall–Kier alpha value is -3.15. The number of hydrogen-bond acceptors (Lipinski definition) is 3. The normalized spacial score (nSPS) is 18.8. The van der Waals surface area contributed by atoms with Crippen molar-refractivity contribution in [2.24, 2.45) is 0 Å². The number of carbonyl (C=O) groups excluding carboxylic acids is 3. The summed E-state index contributed by atoms with van der Waals surface area (Å²) in [6, 6.07) is 13.0. The maximum Gasteiger partial charge on any atom is 0.325 e. The van der Waals surface area contributed by atoms with Gasteiger partial charge in [-0.25, -0.2) is 4.79 Å². The number of nitrogens with zero attached hydrogens (tertiary/aromatic N) is 1. The van der Waals surface area contributed by atoms with Crippen molar-refractivity contribution in [2.75, 3.05) is 11.9 Å². The fourth-order valence-electron chi connectivity index (χ4n) is 4.00. The molecule has 4 amide bonds. The number of urea groups is 1. The smallest absolute Gasteiger partial charge is 0.324 e. The van der Waals surface area contributed by atoms with E-state index >= 15 is 0 Å². The molecule has 1 atom stereocenters. The molecule has 1 aliphatic rings. The number of para-hydroxylation sites is 1. The van der Waals surface area contributed by atoms with Crippen molar-refractivity contribution in [1.82, 2.24) is 10.2 Å². The number of nitrogens with one attached hydrogen (secondary N) is 2. The van der Waals surface area contributed by atoms with Gasteiger partial charge in [-0.05, 0) is 47.4 Å². The number of aryl methyl sites for hydroxylation is 1. The number of benzene rings is 2. The topological polar surface area (TPSA) is 78.5 Å². The first kappa shape index (κ1) is 23.5. The lowest BCUT2D eigenvalue weighted by Gasteiger charge is -2.24. The Labute approximate surface area is 190 Å². The Morgan fingerprint density at radius 2 is 1.72 bits per heavy atom. The van der Waals surface area contributed by atoms with Crippen LogP contribution in [0.2, 0.25) is 0 Å². The second kappa shape index (κ2) is 8.41. The highest BCUT2D eigenvalue weighted by molar-refractivity contribution is 6.10. The third-order valence-corrected chi connectivity index (χ3v) is 6.10. The first-order valence-electron chi connectivity index (χ1n) is 11.0. The molecule has 32 heavy (non-hydrogen) atoms. The Morgan fingerprint density at radius 1 is 1.09 bits per heavy atom. The first-order chi connectivity index (χ1) is 14.8. The van der Waals surface area contributed by atoms with Crippen LogP contribution in [0, 0.1) is 6.92 Å². The summed E-state index contributed by atoms with van der Waals surface area (Å²) in [5, 5.41) is 5.68. The van der Waals surface area contributed by atoms with Crippen molar-refractivity contribution in [3.63, 3.8) is 0 Å². The van der Waals surface area contributed by atoms with Crippen LogP contribution in [0.3, 0.4) is 0 Å². The zero-order valence-electron chi connectivity index (χ0n) is 20.0. The summed E-state index contributed by atoms with van der Waals surface area (Å²) < 4.78 is 0. The molecular formula is C26H33N3O3. The standard InChI is InChI=1S/C26H33N3O3/c1-16(2)20-10-8-9-17(3)22(20)27-21(30)15-29-23(31)26(7,28-24(29)32)19-13-11-18(12-14-19)25(4,5)6/h8-14,16H,15H2,1-7H3,(H,27,30)(H,28,32). The molecule has 6 heteroatoms. The third-order valence-electron chi connectivity index (χ3n) is 6.10. The molecule has 0 bridgehead atoms. The van der Waals surface area contributed by atoms with Gasteiger partial charge in [0.15, 0.2) is 0 Å². The van der Waals surface area contributed by atoms with E-state index < -0.39 is 23.4 Å². The van der Waals surface area contributed by atoms with Crippen molar-refractivity contribution < 1.29 is 14.4 Å². The van der Waals surface area contributed by atoms with Crippen LogP contribution in [0.1, 0.15) is 69.7 Å². The fraction of sp³-hybridized carbons (Fsp3) is 0.423. The highest BCUT2D eigenvalue weighted by Gasteiger charge is 2.49. The molecule has 1 fully saturated rings. The summed E-state index contributed by atoms with van der Waals surface area (Å²) in [7, 11) is 0. The summed E-state index contributed by atoms with van der Waals surface area (Å²) in [6.45, 7) is 13.7. The van der Waals surface area contributed by atoms with Gasteiger partial charge in [0.05, 0.1) is 0 Å². The molecule has 0 aliphatic carbocycles. The van der Waals surface area contributed by atoms with Gasteiger partial charge in [0, 0.05) is 5.69 Å². The van der Waals surface area contributed by atoms with Crippen LogP contribution in [0.5, 0.6) is 0 Å². The van der Waals surface area contributed by atoms with Gasteiger partial charge in [0.1, 0.15) is 12.1 Å². The quantitative estimate of drug-likeness (QED) is 0.661. The zero-order chi connectivity index (χ0) is 23.8. The van der Waals surface area contributed by atoms with Crippen molar-refractivity contribution in [3.05, 3.63) is 64.7 Å². The Bertz CT molecular complexity index is 1050. The van der Waals surface area contributed by atoms with E-state index in [9.17, 15) is 14.4 Å². The van der Waals surface area contributed by atoms with Crippen molar-refractivity contribution in [1.29, 1.82) is 0 Å². The molecule has 170 valence electrons. The van der Waals surface area contributed by atoms with Crippen molar-refractivity contribution in [3.8, 4) is 0 Å². The second-order valence-electron chi connectivity index (χ2n) is 10.0. The highest BCUT2D eigenvalue weighted by Crippen LogP contribution is 2.32. The number of hydrogen-bond donors (Lipinski definition) is 2. The molecule has 1 saturated heterocycles. The van der Waals surface area contributed by atoms with Crippen molar-refractivity contribution >= 4 is 23.5 Å². The number of carbonyl (C=O) groups is 3. The van der Waals surface area contributed by atoms with Gasteiger partial charge in [-0.2, -0.15) is 0 Å². The minimum atomic E-state index is -1.21. The zero-order valence-corrected chi connectivity index (χ0v) is 20.0. The van der Waals surface area contributed by atoms with Crippen LogP contribution in [0.15, 0.2) is 42.5 Å². The predicted molar refractivity (Wildman–Crippen MR) is 127 cm³/mol. The largest absolute Gasteiger partial charge is 0.325 e. The molecule has 1 aliphatic heterocycles. The minimum Gasteiger partial charge on any atom is -0.324 e. The maximum atomic E-state index is 13.2. The van der Waals surface area contributed by atoms with Crippen LogP contribution >= 0.6 is 0 Å². The second-order valence-corrected chi connectivity index (χ2v) is 10.0. The van der Waals surface area contributed by atoms with E-state index in [0.717, 1.165) is 27.3 Å². The molecule has 6 nitrogen and oxygen atoms in total. The maximum absolute atomic E-state index is 13.2. The molecule has 2 aromatic rings. The van der Waals surface area contributed by atoms with E-state index in [1.54, 1.807) is 6.92 Å². The molecule has 0 spiro atoms. The summed E-state index contributed by atoms with van der Waals surface area (Å²) in [5.41, 5.74) is 3.28. The Morgan fingerprint density at radius 3 is 2.28 bits per heavy atom. The number of amides is 4. The van der Waals surface area contributed by atoms with E-state index in [-0.39, 0.29) is 17.9 Å². The third kappa shape index (κ3) is 4.40. The van der Waals surface area contributed by atoms with Gasteiger partial charge in [0.2, 0.25) is 5.91 Å². The molecule has 0 radical (unpaired) electrons. The molecular weight excluding hydrogens is 402 g/mol. The van der Waals surface area contributed by atoms with E-state index in [1.807, 2.05) is 49.4 Å². The van der Waals surface area contributed by atoms with Crippen LogP contribution in [0.4, 0.5) is 10.5 Å². The van der Waals surface area contributed by atoms with Gasteiger partial charge in [-0.3, -0.25) is 14.5 Å². The minimum absolute atomic E-state index is 0.0170. The molecule has 1 heterocycles. The fourth-order valence-corrected chi connectivity index (χ4v) is 4.00. The average Bonchev–Trinajstić information content (AvgIpc) is 2.92. The van der Waals surface area contributed by atoms with Crippen LogP contribution < -0.4 is 10.6 Å². The predicted octanol–water partition coefficient (Wildman–Crippen LogP) is 4.82. The molecule has 2 aromatic carbocycles. The molecule has 3 rings (SSSR count). The number of anilines is 1.